The van der Waals surface area contributed by atoms with Crippen molar-refractivity contribution in [2.45, 2.75) is 13.0 Å². The van der Waals surface area contributed by atoms with Gasteiger partial charge < -0.3 is 10.1 Å². The number of ether oxygens (including phenoxy) is 1. The Morgan fingerprint density at radius 1 is 0.875 bits per heavy atom. The second-order valence-corrected chi connectivity index (χ2v) is 7.90. The minimum Gasteiger partial charge on any atom is -0.489 e. The van der Waals surface area contributed by atoms with E-state index in [2.05, 4.69) is 15.8 Å². The highest BCUT2D eigenvalue weighted by Crippen LogP contribution is 2.22. The second-order valence-electron chi connectivity index (χ2n) is 6.62. The maximum absolute atomic E-state index is 11.9. The molecule has 32 heavy (non-hydrogen) atoms. The predicted octanol–water partition coefficient (Wildman–Crippen LogP) is 5.70. The zero-order valence-electron chi connectivity index (χ0n) is 16.6. The molecule has 2 N–H and O–H groups in total. The second kappa shape index (κ2) is 11.5. The Hall–Kier alpha value is -3.06. The van der Waals surface area contributed by atoms with Crippen molar-refractivity contribution >= 4 is 58.5 Å². The Balaban J connectivity index is 1.43. The van der Waals surface area contributed by atoms with E-state index in [0.29, 0.717) is 33.1 Å². The Kier molecular flexibility index (Phi) is 8.50. The molecule has 6 nitrogen and oxygen atoms in total. The SMILES string of the molecule is O=C(CC(=O)Nc1ccc(Cl)cc1)NN=Cc1ccc(OCc2ccc(Cl)cc2Cl)cc1. The molecule has 3 aromatic rings. The Labute approximate surface area is 200 Å². The van der Waals surface area contributed by atoms with Gasteiger partial charge in [0.25, 0.3) is 0 Å². The number of carbonyl (C=O) groups excluding carboxylic acids is 2. The van der Waals surface area contributed by atoms with Crippen LogP contribution in [-0.4, -0.2) is 18.0 Å². The zero-order valence-corrected chi connectivity index (χ0v) is 18.9. The van der Waals surface area contributed by atoms with Gasteiger partial charge >= 0.3 is 0 Å². The first kappa shape index (κ1) is 23.6. The van der Waals surface area contributed by atoms with E-state index in [1.807, 2.05) is 6.07 Å². The molecule has 0 heterocycles. The summed E-state index contributed by atoms with van der Waals surface area (Å²) in [6.45, 7) is 0.303. The van der Waals surface area contributed by atoms with Crippen LogP contribution in [0.3, 0.4) is 0 Å². The Bertz CT molecular complexity index is 1120. The van der Waals surface area contributed by atoms with Gasteiger partial charge in [-0.2, -0.15) is 5.10 Å². The first-order chi connectivity index (χ1) is 15.4. The molecule has 0 spiro atoms. The van der Waals surface area contributed by atoms with Crippen molar-refractivity contribution in [2.75, 3.05) is 5.32 Å². The molecule has 2 amide bonds. The standard InChI is InChI=1S/C23H18Cl3N3O3/c24-17-5-7-19(8-6-17)28-22(30)12-23(31)29-27-13-15-1-9-20(10-2-15)32-14-16-3-4-18(25)11-21(16)26/h1-11,13H,12,14H2,(H,28,30)(H,29,31). The summed E-state index contributed by atoms with van der Waals surface area (Å²) in [6, 6.07) is 18.9. The fourth-order valence-electron chi connectivity index (χ4n) is 2.55. The number of benzene rings is 3. The molecule has 0 aliphatic rings. The number of rotatable bonds is 8. The predicted molar refractivity (Wildman–Crippen MR) is 128 cm³/mol. The number of hydrogen-bond donors (Lipinski definition) is 2. The molecule has 0 saturated carbocycles. The lowest BCUT2D eigenvalue weighted by Gasteiger charge is -2.08. The summed E-state index contributed by atoms with van der Waals surface area (Å²) in [4.78, 5) is 23.8. The van der Waals surface area contributed by atoms with E-state index in [1.54, 1.807) is 60.7 Å². The fraction of sp³-hybridized carbons (Fsp3) is 0.0870. The van der Waals surface area contributed by atoms with Gasteiger partial charge in [-0.15, -0.1) is 0 Å². The highest BCUT2D eigenvalue weighted by atomic mass is 35.5. The van der Waals surface area contributed by atoms with Crippen molar-refractivity contribution < 1.29 is 14.3 Å². The van der Waals surface area contributed by atoms with Crippen molar-refractivity contribution in [2.24, 2.45) is 5.10 Å². The van der Waals surface area contributed by atoms with Crippen molar-refractivity contribution in [3.05, 3.63) is 92.9 Å². The van der Waals surface area contributed by atoms with Crippen molar-refractivity contribution in [1.29, 1.82) is 0 Å². The van der Waals surface area contributed by atoms with Crippen molar-refractivity contribution in [1.82, 2.24) is 5.43 Å². The van der Waals surface area contributed by atoms with E-state index >= 15 is 0 Å². The van der Waals surface area contributed by atoms with E-state index in [0.717, 1.165) is 11.1 Å². The highest BCUT2D eigenvalue weighted by molar-refractivity contribution is 6.35. The van der Waals surface area contributed by atoms with Crippen LogP contribution in [0.25, 0.3) is 0 Å². The van der Waals surface area contributed by atoms with Gasteiger partial charge in [0, 0.05) is 26.3 Å². The molecule has 0 saturated heterocycles. The number of hydrogen-bond acceptors (Lipinski definition) is 4. The monoisotopic (exact) mass is 489 g/mol. The molecular formula is C23H18Cl3N3O3. The van der Waals surface area contributed by atoms with Gasteiger partial charge in [-0.3, -0.25) is 9.59 Å². The number of halogens is 3. The lowest BCUT2D eigenvalue weighted by atomic mass is 10.2. The van der Waals surface area contributed by atoms with Crippen LogP contribution in [0.15, 0.2) is 71.8 Å². The number of hydrazone groups is 1. The molecule has 0 aromatic heterocycles. The van der Waals surface area contributed by atoms with Crippen LogP contribution in [-0.2, 0) is 16.2 Å². The lowest BCUT2D eigenvalue weighted by Crippen LogP contribution is -2.24. The largest absolute Gasteiger partial charge is 0.489 e. The van der Waals surface area contributed by atoms with Crippen LogP contribution in [0.1, 0.15) is 17.5 Å². The quantitative estimate of drug-likeness (QED) is 0.241. The molecule has 0 atom stereocenters. The number of carbonyl (C=O) groups is 2. The molecule has 3 aromatic carbocycles. The van der Waals surface area contributed by atoms with Crippen LogP contribution in [0.2, 0.25) is 15.1 Å². The van der Waals surface area contributed by atoms with Gasteiger partial charge in [0.05, 0.1) is 6.21 Å². The van der Waals surface area contributed by atoms with E-state index in [4.69, 9.17) is 39.5 Å². The summed E-state index contributed by atoms with van der Waals surface area (Å²) in [5.41, 5.74) is 4.44. The average Bonchev–Trinajstić information content (AvgIpc) is 2.75. The van der Waals surface area contributed by atoms with Crippen LogP contribution >= 0.6 is 34.8 Å². The van der Waals surface area contributed by atoms with Gasteiger partial charge in [0.1, 0.15) is 18.8 Å². The number of nitrogens with zero attached hydrogens (tertiary/aromatic N) is 1. The fourth-order valence-corrected chi connectivity index (χ4v) is 3.14. The van der Waals surface area contributed by atoms with Gasteiger partial charge in [0.15, 0.2) is 0 Å². The van der Waals surface area contributed by atoms with Crippen LogP contribution < -0.4 is 15.5 Å². The van der Waals surface area contributed by atoms with Gasteiger partial charge in [-0.25, -0.2) is 5.43 Å². The molecular weight excluding hydrogens is 473 g/mol. The molecule has 0 radical (unpaired) electrons. The third-order valence-corrected chi connectivity index (χ3v) is 4.98. The minimum absolute atomic E-state index is 0.303. The summed E-state index contributed by atoms with van der Waals surface area (Å²) in [7, 11) is 0. The van der Waals surface area contributed by atoms with Crippen LogP contribution in [0.5, 0.6) is 5.75 Å². The summed E-state index contributed by atoms with van der Waals surface area (Å²) >= 11 is 17.8. The number of nitrogens with one attached hydrogen (secondary N) is 2. The smallest absolute Gasteiger partial charge is 0.249 e. The van der Waals surface area contributed by atoms with E-state index in [-0.39, 0.29) is 6.42 Å². The Morgan fingerprint density at radius 3 is 2.25 bits per heavy atom. The summed E-state index contributed by atoms with van der Waals surface area (Å²) in [5, 5.41) is 8.13. The Morgan fingerprint density at radius 2 is 1.56 bits per heavy atom. The summed E-state index contributed by atoms with van der Waals surface area (Å²) in [6.07, 6.45) is 1.11. The van der Waals surface area contributed by atoms with Gasteiger partial charge in [0.2, 0.25) is 11.8 Å². The number of amides is 2. The molecule has 9 heteroatoms. The normalized spacial score (nSPS) is 10.7. The van der Waals surface area contributed by atoms with E-state index < -0.39 is 11.8 Å². The maximum Gasteiger partial charge on any atom is 0.249 e. The van der Waals surface area contributed by atoms with E-state index in [1.165, 1.54) is 6.21 Å². The molecule has 164 valence electrons. The average molecular weight is 491 g/mol. The van der Waals surface area contributed by atoms with Crippen molar-refractivity contribution in [3.63, 3.8) is 0 Å². The first-order valence-electron chi connectivity index (χ1n) is 9.43. The maximum atomic E-state index is 11.9. The molecule has 0 aliphatic carbocycles. The molecule has 3 rings (SSSR count). The lowest BCUT2D eigenvalue weighted by molar-refractivity contribution is -0.126. The third kappa shape index (κ3) is 7.57. The minimum atomic E-state index is -0.535. The molecule has 0 bridgehead atoms. The summed E-state index contributed by atoms with van der Waals surface area (Å²) < 4.78 is 5.72. The first-order valence-corrected chi connectivity index (χ1v) is 10.6. The molecule has 0 fully saturated rings. The molecule has 0 unspecified atom stereocenters. The van der Waals surface area contributed by atoms with Gasteiger partial charge in [-0.1, -0.05) is 40.9 Å². The number of anilines is 1. The van der Waals surface area contributed by atoms with Crippen molar-refractivity contribution in [3.8, 4) is 5.75 Å². The summed E-state index contributed by atoms with van der Waals surface area (Å²) in [5.74, 6) is -0.342. The topological polar surface area (TPSA) is 79.8 Å². The van der Waals surface area contributed by atoms with Gasteiger partial charge in [-0.05, 0) is 66.2 Å². The molecule has 0 aliphatic heterocycles. The highest BCUT2D eigenvalue weighted by Gasteiger charge is 2.09. The third-order valence-electron chi connectivity index (χ3n) is 4.14. The zero-order chi connectivity index (χ0) is 22.9. The van der Waals surface area contributed by atoms with E-state index in [9.17, 15) is 9.59 Å². The van der Waals surface area contributed by atoms with Crippen LogP contribution in [0, 0.1) is 0 Å². The van der Waals surface area contributed by atoms with Crippen LogP contribution in [0.4, 0.5) is 5.69 Å².